The van der Waals surface area contributed by atoms with Crippen molar-refractivity contribution < 1.29 is 27.8 Å². The largest absolute Gasteiger partial charge is 0.488 e. The quantitative estimate of drug-likeness (QED) is 0.476. The zero-order valence-electron chi connectivity index (χ0n) is 16.2. The van der Waals surface area contributed by atoms with E-state index in [1.807, 2.05) is 19.9 Å². The second-order valence-electron chi connectivity index (χ2n) is 6.58. The van der Waals surface area contributed by atoms with Gasteiger partial charge in [0.25, 0.3) is 0 Å². The van der Waals surface area contributed by atoms with Gasteiger partial charge in [-0.25, -0.2) is 9.78 Å². The average molecular weight is 433 g/mol. The summed E-state index contributed by atoms with van der Waals surface area (Å²) in [6, 6.07) is 10.3. The number of halogens is 3. The smallest absolute Gasteiger partial charge is 0.416 e. The Morgan fingerprint density at radius 1 is 1.17 bits per heavy atom. The van der Waals surface area contributed by atoms with Gasteiger partial charge >= 0.3 is 12.1 Å². The first-order valence-electron chi connectivity index (χ1n) is 8.92. The zero-order valence-corrected chi connectivity index (χ0v) is 17.0. The zero-order chi connectivity index (χ0) is 21.9. The second-order valence-corrected chi connectivity index (χ2v) is 7.66. The van der Waals surface area contributed by atoms with E-state index in [4.69, 9.17) is 9.84 Å². The maximum Gasteiger partial charge on any atom is 0.416 e. The number of ether oxygens (including phenoxy) is 1. The van der Waals surface area contributed by atoms with Crippen LogP contribution in [-0.2, 0) is 17.6 Å². The number of benzene rings is 2. The molecular formula is C22H18F3NO3S. The molecule has 0 saturated heterocycles. The molecule has 0 atom stereocenters. The van der Waals surface area contributed by atoms with Gasteiger partial charge in [-0.05, 0) is 55.3 Å². The van der Waals surface area contributed by atoms with Crippen LogP contribution in [0, 0.1) is 13.8 Å². The molecule has 0 unspecified atom stereocenters. The van der Waals surface area contributed by atoms with Crippen molar-refractivity contribution in [2.75, 3.05) is 0 Å². The molecule has 1 heterocycles. The number of aryl methyl sites for hydroxylation is 2. The molecule has 0 aliphatic heterocycles. The van der Waals surface area contributed by atoms with E-state index in [-0.39, 0.29) is 6.61 Å². The van der Waals surface area contributed by atoms with Crippen molar-refractivity contribution >= 4 is 23.4 Å². The third-order valence-corrected chi connectivity index (χ3v) is 5.55. The van der Waals surface area contributed by atoms with Gasteiger partial charge in [-0.3, -0.25) is 0 Å². The van der Waals surface area contributed by atoms with Crippen molar-refractivity contribution in [2.45, 2.75) is 26.6 Å². The molecule has 2 aromatic carbocycles. The van der Waals surface area contributed by atoms with Crippen LogP contribution in [-0.4, -0.2) is 16.1 Å². The molecule has 8 heteroatoms. The summed E-state index contributed by atoms with van der Waals surface area (Å²) in [5, 5.41) is 9.35. The summed E-state index contributed by atoms with van der Waals surface area (Å²) in [5.41, 5.74) is 2.33. The van der Waals surface area contributed by atoms with Crippen LogP contribution in [0.25, 0.3) is 16.6 Å². The van der Waals surface area contributed by atoms with E-state index < -0.39 is 17.7 Å². The molecule has 1 aromatic heterocycles. The van der Waals surface area contributed by atoms with Gasteiger partial charge in [0.15, 0.2) is 0 Å². The molecule has 0 aliphatic rings. The summed E-state index contributed by atoms with van der Waals surface area (Å²) in [7, 11) is 0. The third-order valence-electron chi connectivity index (χ3n) is 4.37. The predicted octanol–water partition coefficient (Wildman–Crippen LogP) is 6.12. The second kappa shape index (κ2) is 8.71. The highest BCUT2D eigenvalue weighted by atomic mass is 32.1. The summed E-state index contributed by atoms with van der Waals surface area (Å²) >= 11 is 1.37. The van der Waals surface area contributed by atoms with E-state index in [1.54, 1.807) is 12.1 Å². The van der Waals surface area contributed by atoms with Gasteiger partial charge < -0.3 is 9.84 Å². The highest BCUT2D eigenvalue weighted by Crippen LogP contribution is 2.33. The summed E-state index contributed by atoms with van der Waals surface area (Å²) < 4.78 is 44.0. The van der Waals surface area contributed by atoms with Crippen LogP contribution in [0.15, 0.2) is 48.5 Å². The van der Waals surface area contributed by atoms with Crippen LogP contribution >= 0.6 is 11.3 Å². The van der Waals surface area contributed by atoms with Gasteiger partial charge in [-0.15, -0.1) is 11.3 Å². The number of nitrogens with zero attached hydrogens (tertiary/aromatic N) is 1. The first-order chi connectivity index (χ1) is 14.1. The SMILES string of the molecule is Cc1cc(OCc2sc(-c3ccc(C(F)(F)F)cc3)nc2C)ccc1/C=C/C(=O)O. The van der Waals surface area contributed by atoms with E-state index in [9.17, 15) is 18.0 Å². The first-order valence-corrected chi connectivity index (χ1v) is 9.73. The summed E-state index contributed by atoms with van der Waals surface area (Å²) in [6.07, 6.45) is -1.77. The maximum atomic E-state index is 12.7. The lowest BCUT2D eigenvalue weighted by Gasteiger charge is -2.08. The number of rotatable bonds is 6. The molecule has 0 fully saturated rings. The van der Waals surface area contributed by atoms with Gasteiger partial charge in [-0.1, -0.05) is 18.2 Å². The van der Waals surface area contributed by atoms with Gasteiger partial charge in [-0.2, -0.15) is 13.2 Å². The van der Waals surface area contributed by atoms with Gasteiger partial charge in [0, 0.05) is 11.6 Å². The monoisotopic (exact) mass is 433 g/mol. The van der Waals surface area contributed by atoms with Crippen LogP contribution < -0.4 is 4.74 Å². The molecule has 1 N–H and O–H groups in total. The average Bonchev–Trinajstić information content (AvgIpc) is 3.05. The molecule has 0 amide bonds. The minimum absolute atomic E-state index is 0.272. The fourth-order valence-corrected chi connectivity index (χ4v) is 3.70. The highest BCUT2D eigenvalue weighted by molar-refractivity contribution is 7.15. The lowest BCUT2D eigenvalue weighted by atomic mass is 10.1. The highest BCUT2D eigenvalue weighted by Gasteiger charge is 2.30. The molecule has 4 nitrogen and oxygen atoms in total. The lowest BCUT2D eigenvalue weighted by molar-refractivity contribution is -0.137. The van der Waals surface area contributed by atoms with E-state index in [0.717, 1.165) is 39.9 Å². The Morgan fingerprint density at radius 2 is 1.87 bits per heavy atom. The summed E-state index contributed by atoms with van der Waals surface area (Å²) in [6.45, 7) is 3.96. The van der Waals surface area contributed by atoms with Crippen molar-refractivity contribution in [3.63, 3.8) is 0 Å². The topological polar surface area (TPSA) is 59.4 Å². The van der Waals surface area contributed by atoms with E-state index in [2.05, 4.69) is 4.98 Å². The van der Waals surface area contributed by atoms with Crippen LogP contribution in [0.1, 0.15) is 27.3 Å². The molecule has 30 heavy (non-hydrogen) atoms. The Labute approximate surface area is 175 Å². The number of hydrogen-bond donors (Lipinski definition) is 1. The Kier molecular flexibility index (Phi) is 6.26. The molecule has 0 bridgehead atoms. The number of carboxylic acid groups (broad SMARTS) is 1. The molecule has 0 aliphatic carbocycles. The number of aliphatic carboxylic acids is 1. The number of thiazole rings is 1. The van der Waals surface area contributed by atoms with Gasteiger partial charge in [0.05, 0.1) is 16.1 Å². The number of hydrogen-bond acceptors (Lipinski definition) is 4. The van der Waals surface area contributed by atoms with Crippen LogP contribution in [0.4, 0.5) is 13.2 Å². The minimum Gasteiger partial charge on any atom is -0.488 e. The van der Waals surface area contributed by atoms with E-state index in [1.165, 1.54) is 29.5 Å². The molecule has 156 valence electrons. The Hall–Kier alpha value is -3.13. The van der Waals surface area contributed by atoms with Crippen molar-refractivity contribution in [3.8, 4) is 16.3 Å². The standard InChI is InChI=1S/C22H18F3NO3S/c1-13-11-18(9-5-15(13)6-10-20(27)28)29-12-19-14(2)26-21(30-19)16-3-7-17(8-4-16)22(23,24)25/h3-11H,12H2,1-2H3,(H,27,28)/b10-6+. The number of aromatic nitrogens is 1. The normalized spacial score (nSPS) is 11.8. The fourth-order valence-electron chi connectivity index (χ4n) is 2.72. The van der Waals surface area contributed by atoms with Gasteiger partial charge in [0.1, 0.15) is 17.4 Å². The van der Waals surface area contributed by atoms with Crippen LogP contribution in [0.5, 0.6) is 5.75 Å². The molecular weight excluding hydrogens is 415 g/mol. The van der Waals surface area contributed by atoms with E-state index >= 15 is 0 Å². The summed E-state index contributed by atoms with van der Waals surface area (Å²) in [4.78, 5) is 16.0. The summed E-state index contributed by atoms with van der Waals surface area (Å²) in [5.74, 6) is -0.386. The van der Waals surface area contributed by atoms with Crippen LogP contribution in [0.2, 0.25) is 0 Å². The van der Waals surface area contributed by atoms with Crippen molar-refractivity contribution in [1.82, 2.24) is 4.98 Å². The third kappa shape index (κ3) is 5.27. The molecule has 0 spiro atoms. The number of alkyl halides is 3. The predicted molar refractivity (Wildman–Crippen MR) is 109 cm³/mol. The van der Waals surface area contributed by atoms with Gasteiger partial charge in [0.2, 0.25) is 0 Å². The van der Waals surface area contributed by atoms with Crippen molar-refractivity contribution in [3.05, 3.63) is 75.8 Å². The number of carboxylic acids is 1. The van der Waals surface area contributed by atoms with E-state index in [0.29, 0.717) is 16.3 Å². The Bertz CT molecular complexity index is 1090. The van der Waals surface area contributed by atoms with Crippen molar-refractivity contribution in [1.29, 1.82) is 0 Å². The molecule has 0 saturated carbocycles. The molecule has 0 radical (unpaired) electrons. The van der Waals surface area contributed by atoms with Crippen LogP contribution in [0.3, 0.4) is 0 Å². The Balaban J connectivity index is 1.71. The fraction of sp³-hybridized carbons (Fsp3) is 0.182. The lowest BCUT2D eigenvalue weighted by Crippen LogP contribution is -2.03. The maximum absolute atomic E-state index is 12.7. The Morgan fingerprint density at radius 3 is 2.47 bits per heavy atom. The minimum atomic E-state index is -4.37. The first kappa shape index (κ1) is 21.6. The van der Waals surface area contributed by atoms with Crippen molar-refractivity contribution in [2.24, 2.45) is 0 Å². The number of carbonyl (C=O) groups is 1. The molecule has 3 aromatic rings. The molecule has 3 rings (SSSR count).